The fourth-order valence-corrected chi connectivity index (χ4v) is 13.4. The lowest BCUT2D eigenvalue weighted by Crippen LogP contribution is -2.66. The summed E-state index contributed by atoms with van der Waals surface area (Å²) in [4.78, 5) is 68.4. The molecule has 6 atom stereocenters. The molecule has 6 unspecified atom stereocenters. The number of amides is 4. The van der Waals surface area contributed by atoms with Crippen LogP contribution in [0.5, 0.6) is 17.4 Å². The molecule has 24 heteroatoms. The lowest BCUT2D eigenvalue weighted by molar-refractivity contribution is -0.231. The van der Waals surface area contributed by atoms with Gasteiger partial charge in [-0.2, -0.15) is 8.78 Å². The first-order chi connectivity index (χ1) is 38.0. The number of carbonyl (C=O) groups excluding carboxylic acids is 4. The summed E-state index contributed by atoms with van der Waals surface area (Å²) in [5, 5.41) is 13.0. The Kier molecular flexibility index (Phi) is 20.1. The molecule has 6 fully saturated rings. The number of alkyl halides is 2. The number of aromatic nitrogens is 3. The average molecular weight is 1180 g/mol. The van der Waals surface area contributed by atoms with Crippen LogP contribution in [0.4, 0.5) is 19.6 Å². The van der Waals surface area contributed by atoms with Gasteiger partial charge in [-0.25, -0.2) is 15.0 Å². The summed E-state index contributed by atoms with van der Waals surface area (Å²) in [6.45, 7) is 26.2. The molecule has 4 amide bonds. The first-order valence-corrected chi connectivity index (χ1v) is 29.1. The third kappa shape index (κ3) is 13.3. The Morgan fingerprint density at radius 1 is 0.787 bits per heavy atom. The van der Waals surface area contributed by atoms with Crippen molar-refractivity contribution >= 4 is 101 Å². The highest BCUT2D eigenvalue weighted by Crippen LogP contribution is 2.53. The number of nitrogens with zero attached hydrogens (tertiary/aromatic N) is 4. The molecule has 0 spiro atoms. The Hall–Kier alpha value is -5.73. The number of fused-ring (bicyclic) bond motifs is 7. The van der Waals surface area contributed by atoms with Crippen molar-refractivity contribution in [1.82, 2.24) is 30.9 Å². The Morgan fingerprint density at radius 3 is 1.88 bits per heavy atom. The molecule has 3 aromatic heterocycles. The van der Waals surface area contributed by atoms with Crippen molar-refractivity contribution in [1.29, 1.82) is 0 Å². The van der Waals surface area contributed by atoms with E-state index in [1.165, 1.54) is 56.6 Å². The van der Waals surface area contributed by atoms with Gasteiger partial charge in [0.25, 0.3) is 29.3 Å². The minimum atomic E-state index is -3.07. The average Bonchev–Trinajstić information content (AvgIpc) is 4.20. The molecule has 432 valence electrons. The van der Waals surface area contributed by atoms with Gasteiger partial charge in [0.1, 0.15) is 28.2 Å². The predicted octanol–water partition coefficient (Wildman–Crippen LogP) is 9.49. The molecule has 0 radical (unpaired) electrons. The quantitative estimate of drug-likeness (QED) is 0.0463. The van der Waals surface area contributed by atoms with Crippen LogP contribution in [-0.2, 0) is 19.0 Å². The monoisotopic (exact) mass is 1180 g/mol. The molecule has 4 N–H and O–H groups in total. The van der Waals surface area contributed by atoms with Crippen molar-refractivity contribution in [2.45, 2.75) is 109 Å². The van der Waals surface area contributed by atoms with E-state index in [0.717, 1.165) is 41.6 Å². The van der Waals surface area contributed by atoms with Crippen molar-refractivity contribution in [2.24, 2.45) is 11.8 Å². The Balaban J connectivity index is 0.000000221. The number of carbonyl (C=O) groups is 4. The number of anilines is 2. The second kappa shape index (κ2) is 26.0. The summed E-state index contributed by atoms with van der Waals surface area (Å²) in [6.07, 6.45) is 4.63. The van der Waals surface area contributed by atoms with Crippen molar-refractivity contribution in [3.05, 3.63) is 88.9 Å². The van der Waals surface area contributed by atoms with Crippen LogP contribution in [0.15, 0.2) is 67.2 Å². The fourth-order valence-electron chi connectivity index (χ4n) is 10.3. The van der Waals surface area contributed by atoms with Gasteiger partial charge in [-0.15, -0.1) is 11.3 Å². The van der Waals surface area contributed by atoms with E-state index in [2.05, 4.69) is 79.0 Å². The molecule has 5 saturated heterocycles. The van der Waals surface area contributed by atoms with Gasteiger partial charge >= 0.3 is 0 Å². The molecule has 2 aromatic carbocycles. The lowest BCUT2D eigenvalue weighted by atomic mass is 9.71. The molecule has 8 heterocycles. The van der Waals surface area contributed by atoms with Gasteiger partial charge in [0.2, 0.25) is 5.88 Å². The molecule has 80 heavy (non-hydrogen) atoms. The van der Waals surface area contributed by atoms with Gasteiger partial charge in [-0.3, -0.25) is 19.2 Å². The molecule has 11 rings (SSSR count). The maximum atomic E-state index is 14.3. The van der Waals surface area contributed by atoms with E-state index >= 15 is 0 Å². The van der Waals surface area contributed by atoms with E-state index in [9.17, 15) is 28.0 Å². The second-order valence-electron chi connectivity index (χ2n) is 20.4. The van der Waals surface area contributed by atoms with Crippen molar-refractivity contribution in [2.75, 3.05) is 64.6 Å². The highest BCUT2D eigenvalue weighted by molar-refractivity contribution is 7.28. The third-order valence-electron chi connectivity index (χ3n) is 14.4. The predicted molar refractivity (Wildman–Crippen MR) is 316 cm³/mol. The highest BCUT2D eigenvalue weighted by atomic mass is 32.1. The minimum Gasteiger partial charge on any atom is -0.496 e. The molecular formula is C56H72F2N8O10P2S2. The SMILES string of the molecule is C=C(C)NC(=O)C(=C)C(=C)NC(=O)c1c(OC)ccc2nc(C)sc12.CC.CC1COCC(C)C1.COc1ccc2nc(N3C4COCC3C4)sc2c1C(=O)Nc1cnc(OC)c(P)c1C(=O)NC12CCC(C(F)(F)P)(CC1)OC2. The number of methoxy groups -OCH3 is 3. The number of hydrogen-bond acceptors (Lipinski definition) is 16. The topological polar surface area (TPSA) is 214 Å². The van der Waals surface area contributed by atoms with E-state index in [0.29, 0.717) is 74.6 Å². The second-order valence-corrected chi connectivity index (χ2v) is 23.9. The van der Waals surface area contributed by atoms with Crippen LogP contribution >= 0.6 is 41.2 Å². The first-order valence-electron chi connectivity index (χ1n) is 26.3. The number of halogens is 2. The molecule has 18 nitrogen and oxygen atoms in total. The Labute approximate surface area is 478 Å². The van der Waals surface area contributed by atoms with Crippen LogP contribution in [-0.4, -0.2) is 122 Å². The number of pyridine rings is 1. The maximum Gasteiger partial charge on any atom is 0.287 e. The minimum absolute atomic E-state index is 0.0444. The van der Waals surface area contributed by atoms with Gasteiger partial charge in [-0.05, 0) is 88.5 Å². The first kappa shape index (κ1) is 61.9. The lowest BCUT2D eigenvalue weighted by Gasteiger charge is -2.54. The van der Waals surface area contributed by atoms with E-state index < -0.39 is 40.4 Å². The summed E-state index contributed by atoms with van der Waals surface area (Å²) >= 11 is 2.81. The van der Waals surface area contributed by atoms with Crippen LogP contribution < -0.4 is 45.7 Å². The van der Waals surface area contributed by atoms with Gasteiger partial charge in [-0.1, -0.05) is 77.2 Å². The number of nitrogens with one attached hydrogen (secondary N) is 4. The van der Waals surface area contributed by atoms with Crippen LogP contribution in [0.3, 0.4) is 0 Å². The van der Waals surface area contributed by atoms with Crippen molar-refractivity contribution in [3.63, 3.8) is 0 Å². The van der Waals surface area contributed by atoms with Crippen LogP contribution in [0.2, 0.25) is 0 Å². The van der Waals surface area contributed by atoms with Crippen molar-refractivity contribution in [3.8, 4) is 17.4 Å². The van der Waals surface area contributed by atoms with Gasteiger partial charge in [0.15, 0.2) is 5.13 Å². The highest BCUT2D eigenvalue weighted by Gasteiger charge is 2.60. The number of ether oxygens (including phenoxy) is 6. The number of rotatable bonds is 14. The van der Waals surface area contributed by atoms with E-state index in [1.54, 1.807) is 34.4 Å². The Bertz CT molecular complexity index is 3140. The fraction of sp³-hybridized carbons (Fsp3) is 0.482. The number of allylic oxidation sites excluding steroid dienone is 1. The van der Waals surface area contributed by atoms with E-state index in [4.69, 9.17) is 33.4 Å². The zero-order chi connectivity index (χ0) is 58.4. The van der Waals surface area contributed by atoms with E-state index in [1.807, 2.05) is 26.8 Å². The number of aryl methyl sites for hydroxylation is 1. The van der Waals surface area contributed by atoms with Gasteiger partial charge in [0.05, 0.1) is 107 Å². The van der Waals surface area contributed by atoms with Crippen molar-refractivity contribution < 1.29 is 56.4 Å². The van der Waals surface area contributed by atoms with Crippen LogP contribution in [0.1, 0.15) is 109 Å². The molecular weight excluding hydrogens is 1110 g/mol. The molecule has 5 aromatic rings. The number of benzene rings is 2. The standard InChI is InChI=1S/C29H33F2N5O6P2S.C18H19N3O3S.C7H14O.C2H6/c1-39-18-4-3-16-22(45-26(34-16)36-14-9-15(36)12-41-11-14)20(18)23(37)33-17-10-32-25(40-2)21(43)19(17)24(38)35-27-5-7-28(8-6-27,42-13-27)29(30,31)44;1-9(2)19-17(22)10(3)11(4)20-18(23)15-14(24-6)8-7-13-16(15)25-12(5)21-13;1-6-3-7(2)5-8-4-6;1-2/h3-4,10,14-15H,5-9,11-13,43-44H2,1-2H3,(H,33,37)(H,35,38);7-8H,1,3-4H2,2,5-6H3,(H,19,22)(H,20,23);6-7H,3-5H2,1-2H3;1-2H3. The molecule has 6 aliphatic rings. The van der Waals surface area contributed by atoms with Crippen LogP contribution in [0.25, 0.3) is 20.4 Å². The molecule has 1 saturated carbocycles. The zero-order valence-electron chi connectivity index (χ0n) is 46.7. The Morgan fingerprint density at radius 2 is 1.36 bits per heavy atom. The summed E-state index contributed by atoms with van der Waals surface area (Å²) in [5.41, 5.74) is -2.56. The smallest absolute Gasteiger partial charge is 0.287 e. The summed E-state index contributed by atoms with van der Waals surface area (Å²) in [7, 11) is 8.46. The summed E-state index contributed by atoms with van der Waals surface area (Å²) in [5.74, 6) is 0.600. The number of hydrogen-bond donors (Lipinski definition) is 4. The van der Waals surface area contributed by atoms with Gasteiger partial charge < -0.3 is 54.6 Å². The summed E-state index contributed by atoms with van der Waals surface area (Å²) in [6, 6.07) is 7.53. The molecule has 5 aliphatic heterocycles. The maximum absolute atomic E-state index is 14.3. The zero-order valence-corrected chi connectivity index (χ0v) is 50.6. The van der Waals surface area contributed by atoms with Crippen LogP contribution in [0, 0.1) is 18.8 Å². The third-order valence-corrected chi connectivity index (χ3v) is 17.6. The largest absolute Gasteiger partial charge is 0.496 e. The number of thiazole rings is 2. The summed E-state index contributed by atoms with van der Waals surface area (Å²) < 4.78 is 62.9. The normalized spacial score (nSPS) is 22.5. The van der Waals surface area contributed by atoms with E-state index in [-0.39, 0.29) is 65.5 Å². The molecule has 4 bridgehead atoms. The molecule has 1 aliphatic carbocycles. The van der Waals surface area contributed by atoms with Gasteiger partial charge in [0, 0.05) is 29.9 Å². The number of morpholine rings is 1.